The van der Waals surface area contributed by atoms with Crippen molar-refractivity contribution in [2.75, 3.05) is 6.54 Å². The van der Waals surface area contributed by atoms with Gasteiger partial charge in [-0.15, -0.1) is 0 Å². The van der Waals surface area contributed by atoms with Gasteiger partial charge in [-0.2, -0.15) is 0 Å². The van der Waals surface area contributed by atoms with Gasteiger partial charge in [0.25, 0.3) is 0 Å². The second-order valence-corrected chi connectivity index (χ2v) is 4.91. The zero-order chi connectivity index (χ0) is 13.1. The fourth-order valence-electron chi connectivity index (χ4n) is 1.94. The molecular formula is C13H15BrFN3. The van der Waals surface area contributed by atoms with Crippen LogP contribution in [-0.2, 0) is 7.05 Å². The lowest BCUT2D eigenvalue weighted by molar-refractivity contribution is 0.566. The van der Waals surface area contributed by atoms with E-state index in [4.69, 9.17) is 0 Å². The lowest BCUT2D eigenvalue weighted by Crippen LogP contribution is -2.25. The lowest BCUT2D eigenvalue weighted by Gasteiger charge is -2.19. The monoisotopic (exact) mass is 311 g/mol. The Bertz CT molecular complexity index is 539. The summed E-state index contributed by atoms with van der Waals surface area (Å²) in [5, 5.41) is 3.33. The van der Waals surface area contributed by atoms with E-state index in [-0.39, 0.29) is 11.9 Å². The van der Waals surface area contributed by atoms with Gasteiger partial charge in [-0.25, -0.2) is 9.37 Å². The first-order valence-electron chi connectivity index (χ1n) is 5.79. The maximum Gasteiger partial charge on any atom is 0.130 e. The molecule has 1 N–H and O–H groups in total. The molecule has 18 heavy (non-hydrogen) atoms. The molecule has 0 aliphatic rings. The van der Waals surface area contributed by atoms with Gasteiger partial charge in [0.2, 0.25) is 0 Å². The highest BCUT2D eigenvalue weighted by molar-refractivity contribution is 9.10. The van der Waals surface area contributed by atoms with Crippen LogP contribution in [0.25, 0.3) is 0 Å². The summed E-state index contributed by atoms with van der Waals surface area (Å²) in [5.41, 5.74) is 0.853. The number of aromatic nitrogens is 2. The number of benzene rings is 1. The predicted molar refractivity (Wildman–Crippen MR) is 72.8 cm³/mol. The Labute approximate surface area is 114 Å². The summed E-state index contributed by atoms with van der Waals surface area (Å²) < 4.78 is 16.2. The van der Waals surface area contributed by atoms with Crippen LogP contribution in [0.3, 0.4) is 0 Å². The molecule has 1 aromatic carbocycles. The summed E-state index contributed by atoms with van der Waals surface area (Å²) in [6.07, 6.45) is 3.62. The standard InChI is InChI=1S/C13H15BrFN3/c1-3-16-12(13-17-6-7-18(13)2)10-8-9(15)4-5-11(10)14/h4-8,12,16H,3H2,1-2H3. The normalized spacial score (nSPS) is 12.7. The highest BCUT2D eigenvalue weighted by Crippen LogP contribution is 2.28. The molecule has 96 valence electrons. The summed E-state index contributed by atoms with van der Waals surface area (Å²) in [4.78, 5) is 4.34. The van der Waals surface area contributed by atoms with Gasteiger partial charge in [0.15, 0.2) is 0 Å². The third-order valence-electron chi connectivity index (χ3n) is 2.79. The second kappa shape index (κ2) is 5.63. The van der Waals surface area contributed by atoms with Gasteiger partial charge in [-0.3, -0.25) is 0 Å². The minimum Gasteiger partial charge on any atom is -0.336 e. The minimum atomic E-state index is -0.245. The summed E-state index contributed by atoms with van der Waals surface area (Å²) in [6.45, 7) is 2.80. The van der Waals surface area contributed by atoms with E-state index in [1.165, 1.54) is 12.1 Å². The van der Waals surface area contributed by atoms with Crippen LogP contribution in [0.4, 0.5) is 4.39 Å². The molecule has 0 aliphatic heterocycles. The van der Waals surface area contributed by atoms with Gasteiger partial charge >= 0.3 is 0 Å². The highest BCUT2D eigenvalue weighted by Gasteiger charge is 2.20. The molecular weight excluding hydrogens is 297 g/mol. The number of nitrogens with zero attached hydrogens (tertiary/aromatic N) is 2. The van der Waals surface area contributed by atoms with Crippen LogP contribution in [0.2, 0.25) is 0 Å². The fourth-order valence-corrected chi connectivity index (χ4v) is 2.41. The Kier molecular flexibility index (Phi) is 4.14. The average Bonchev–Trinajstić information content (AvgIpc) is 2.76. The Hall–Kier alpha value is -1.20. The van der Waals surface area contributed by atoms with Gasteiger partial charge in [-0.1, -0.05) is 22.9 Å². The van der Waals surface area contributed by atoms with Gasteiger partial charge in [-0.05, 0) is 30.3 Å². The first kappa shape index (κ1) is 13.2. The SMILES string of the molecule is CCNC(c1cc(F)ccc1Br)c1nccn1C. The summed E-state index contributed by atoms with van der Waals surface area (Å²) in [7, 11) is 1.93. The third kappa shape index (κ3) is 2.62. The molecule has 2 aromatic rings. The van der Waals surface area contributed by atoms with Crippen LogP contribution in [0.5, 0.6) is 0 Å². The van der Waals surface area contributed by atoms with Crippen LogP contribution < -0.4 is 5.32 Å². The van der Waals surface area contributed by atoms with Gasteiger partial charge < -0.3 is 9.88 Å². The van der Waals surface area contributed by atoms with Crippen molar-refractivity contribution in [2.24, 2.45) is 7.05 Å². The molecule has 0 radical (unpaired) electrons. The molecule has 0 bridgehead atoms. The average molecular weight is 312 g/mol. The van der Waals surface area contributed by atoms with E-state index in [9.17, 15) is 4.39 Å². The molecule has 0 amide bonds. The van der Waals surface area contributed by atoms with Gasteiger partial charge in [0.05, 0.1) is 6.04 Å². The van der Waals surface area contributed by atoms with Crippen molar-refractivity contribution in [1.29, 1.82) is 0 Å². The van der Waals surface area contributed by atoms with Crippen LogP contribution in [0.15, 0.2) is 35.1 Å². The molecule has 0 saturated carbocycles. The fraction of sp³-hybridized carbons (Fsp3) is 0.308. The molecule has 1 heterocycles. The van der Waals surface area contributed by atoms with Crippen molar-refractivity contribution in [1.82, 2.24) is 14.9 Å². The van der Waals surface area contributed by atoms with E-state index < -0.39 is 0 Å². The third-order valence-corrected chi connectivity index (χ3v) is 3.52. The van der Waals surface area contributed by atoms with Crippen molar-refractivity contribution in [3.8, 4) is 0 Å². The number of imidazole rings is 1. The first-order chi connectivity index (χ1) is 8.63. The molecule has 0 fully saturated rings. The number of halogens is 2. The largest absolute Gasteiger partial charge is 0.336 e. The van der Waals surface area contributed by atoms with Crippen molar-refractivity contribution in [3.63, 3.8) is 0 Å². The molecule has 5 heteroatoms. The number of rotatable bonds is 4. The van der Waals surface area contributed by atoms with E-state index in [2.05, 4.69) is 26.2 Å². The van der Waals surface area contributed by atoms with E-state index >= 15 is 0 Å². The van der Waals surface area contributed by atoms with E-state index in [1.54, 1.807) is 12.3 Å². The lowest BCUT2D eigenvalue weighted by atomic mass is 10.1. The molecule has 0 aliphatic carbocycles. The summed E-state index contributed by atoms with van der Waals surface area (Å²) >= 11 is 3.47. The summed E-state index contributed by atoms with van der Waals surface area (Å²) in [6, 6.07) is 4.57. The van der Waals surface area contributed by atoms with Crippen LogP contribution in [-0.4, -0.2) is 16.1 Å². The van der Waals surface area contributed by atoms with E-state index in [1.807, 2.05) is 24.7 Å². The van der Waals surface area contributed by atoms with E-state index in [0.29, 0.717) is 0 Å². The second-order valence-electron chi connectivity index (χ2n) is 4.05. The number of hydrogen-bond donors (Lipinski definition) is 1. The predicted octanol–water partition coefficient (Wildman–Crippen LogP) is 3.02. The summed E-state index contributed by atoms with van der Waals surface area (Å²) in [5.74, 6) is 0.619. The van der Waals surface area contributed by atoms with E-state index in [0.717, 1.165) is 22.4 Å². The Balaban J connectivity index is 2.48. The van der Waals surface area contributed by atoms with Crippen molar-refractivity contribution < 1.29 is 4.39 Å². The molecule has 2 rings (SSSR count). The van der Waals surface area contributed by atoms with Crippen LogP contribution in [0, 0.1) is 5.82 Å². The zero-order valence-electron chi connectivity index (χ0n) is 10.3. The van der Waals surface area contributed by atoms with Crippen molar-refractivity contribution in [3.05, 3.63) is 52.3 Å². The Morgan fingerprint density at radius 1 is 1.50 bits per heavy atom. The molecule has 3 nitrogen and oxygen atoms in total. The van der Waals surface area contributed by atoms with Gasteiger partial charge in [0.1, 0.15) is 11.6 Å². The van der Waals surface area contributed by atoms with Crippen LogP contribution in [0.1, 0.15) is 24.4 Å². The maximum atomic E-state index is 13.4. The molecule has 1 aromatic heterocycles. The quantitative estimate of drug-likeness (QED) is 0.940. The van der Waals surface area contributed by atoms with Crippen molar-refractivity contribution >= 4 is 15.9 Å². The minimum absolute atomic E-state index is 0.125. The molecule has 1 atom stereocenters. The topological polar surface area (TPSA) is 29.9 Å². The maximum absolute atomic E-state index is 13.4. The Morgan fingerprint density at radius 2 is 2.28 bits per heavy atom. The molecule has 0 spiro atoms. The first-order valence-corrected chi connectivity index (χ1v) is 6.58. The zero-order valence-corrected chi connectivity index (χ0v) is 11.9. The number of nitrogens with one attached hydrogen (secondary N) is 1. The molecule has 0 saturated heterocycles. The smallest absolute Gasteiger partial charge is 0.130 e. The number of aryl methyl sites for hydroxylation is 1. The van der Waals surface area contributed by atoms with Crippen LogP contribution >= 0.6 is 15.9 Å². The molecule has 1 unspecified atom stereocenters. The Morgan fingerprint density at radius 3 is 2.89 bits per heavy atom. The highest BCUT2D eigenvalue weighted by atomic mass is 79.9. The van der Waals surface area contributed by atoms with Crippen molar-refractivity contribution in [2.45, 2.75) is 13.0 Å². The van der Waals surface area contributed by atoms with Gasteiger partial charge in [0, 0.05) is 23.9 Å². The number of hydrogen-bond acceptors (Lipinski definition) is 2.